The van der Waals surface area contributed by atoms with Crippen LogP contribution in [0.1, 0.15) is 13.3 Å². The number of imide groups is 1. The Morgan fingerprint density at radius 1 is 1.67 bits per heavy atom. The standard InChI is InChI=1S/C4H8N2O3/c1-2-3(7)6(9)4(5)8/h9H,2H2,1H3,(H2,5,8). The third kappa shape index (κ3) is 2.09. The van der Waals surface area contributed by atoms with Crippen molar-refractivity contribution >= 4 is 11.9 Å². The summed E-state index contributed by atoms with van der Waals surface area (Å²) in [5.41, 5.74) is 4.53. The van der Waals surface area contributed by atoms with E-state index in [1.54, 1.807) is 0 Å². The average Bonchev–Trinajstić information content (AvgIpc) is 1.84. The molecule has 0 fully saturated rings. The Kier molecular flexibility index (Phi) is 2.66. The maximum atomic E-state index is 10.3. The molecule has 5 nitrogen and oxygen atoms in total. The molecule has 0 aliphatic heterocycles. The number of urea groups is 1. The molecule has 0 rings (SSSR count). The van der Waals surface area contributed by atoms with Crippen molar-refractivity contribution in [3.63, 3.8) is 0 Å². The third-order valence-electron chi connectivity index (χ3n) is 0.747. The number of nitrogens with two attached hydrogens (primary N) is 1. The SMILES string of the molecule is CCC(=O)N(O)C(N)=O. The molecule has 0 aromatic carbocycles. The first-order valence-corrected chi connectivity index (χ1v) is 2.40. The molecule has 52 valence electrons. The third-order valence-corrected chi connectivity index (χ3v) is 0.747. The smallest absolute Gasteiger partial charge is 0.345 e. The van der Waals surface area contributed by atoms with Gasteiger partial charge in [-0.3, -0.25) is 10.0 Å². The van der Waals surface area contributed by atoms with Crippen LogP contribution in [-0.4, -0.2) is 22.2 Å². The number of carbonyl (C=O) groups is 2. The van der Waals surface area contributed by atoms with E-state index in [1.165, 1.54) is 6.92 Å². The summed E-state index contributed by atoms with van der Waals surface area (Å²) in [5, 5.41) is 8.29. The van der Waals surface area contributed by atoms with E-state index >= 15 is 0 Å². The molecule has 5 heteroatoms. The Bertz CT molecular complexity index is 134. The van der Waals surface area contributed by atoms with Crippen LogP contribution in [0.2, 0.25) is 0 Å². The van der Waals surface area contributed by atoms with Crippen LogP contribution in [0, 0.1) is 0 Å². The molecule has 0 bridgehead atoms. The zero-order valence-electron chi connectivity index (χ0n) is 5.00. The second-order valence-electron chi connectivity index (χ2n) is 1.40. The number of amides is 3. The van der Waals surface area contributed by atoms with Crippen LogP contribution in [0.3, 0.4) is 0 Å². The van der Waals surface area contributed by atoms with Gasteiger partial charge in [-0.05, 0) is 0 Å². The summed E-state index contributed by atoms with van der Waals surface area (Å²) in [6.45, 7) is 1.51. The molecule has 0 aromatic heterocycles. The number of hydroxylamine groups is 2. The van der Waals surface area contributed by atoms with Crippen LogP contribution in [0.25, 0.3) is 0 Å². The summed E-state index contributed by atoms with van der Waals surface area (Å²) in [4.78, 5) is 20.3. The summed E-state index contributed by atoms with van der Waals surface area (Å²) in [6.07, 6.45) is 0.0550. The first-order valence-electron chi connectivity index (χ1n) is 2.40. The van der Waals surface area contributed by atoms with E-state index in [0.717, 1.165) is 0 Å². The van der Waals surface area contributed by atoms with Gasteiger partial charge in [-0.1, -0.05) is 6.92 Å². The van der Waals surface area contributed by atoms with E-state index < -0.39 is 11.9 Å². The zero-order chi connectivity index (χ0) is 7.44. The molecule has 0 spiro atoms. The number of primary amides is 1. The van der Waals surface area contributed by atoms with Gasteiger partial charge in [0.25, 0.3) is 5.91 Å². The maximum absolute atomic E-state index is 10.3. The fraction of sp³-hybridized carbons (Fsp3) is 0.500. The first-order chi connectivity index (χ1) is 4.09. The van der Waals surface area contributed by atoms with Gasteiger partial charge < -0.3 is 5.73 Å². The average molecular weight is 132 g/mol. The van der Waals surface area contributed by atoms with Crippen LogP contribution < -0.4 is 5.73 Å². The Hall–Kier alpha value is -1.10. The highest BCUT2D eigenvalue weighted by molar-refractivity contribution is 5.91. The lowest BCUT2D eigenvalue weighted by Gasteiger charge is -2.06. The fourth-order valence-corrected chi connectivity index (χ4v) is 0.273. The van der Waals surface area contributed by atoms with E-state index in [2.05, 4.69) is 5.73 Å². The van der Waals surface area contributed by atoms with Gasteiger partial charge in [0.05, 0.1) is 0 Å². The Balaban J connectivity index is 3.88. The quantitative estimate of drug-likeness (QED) is 0.379. The number of hydrogen-bond donors (Lipinski definition) is 2. The highest BCUT2D eigenvalue weighted by Gasteiger charge is 2.12. The molecule has 3 N–H and O–H groups in total. The summed E-state index contributed by atoms with van der Waals surface area (Å²) in [6, 6.07) is -1.15. The van der Waals surface area contributed by atoms with Gasteiger partial charge in [-0.15, -0.1) is 5.06 Å². The molecule has 0 radical (unpaired) electrons. The number of carbonyl (C=O) groups excluding carboxylic acids is 2. The largest absolute Gasteiger partial charge is 0.349 e. The van der Waals surface area contributed by atoms with Crippen molar-refractivity contribution in [2.45, 2.75) is 13.3 Å². The van der Waals surface area contributed by atoms with E-state index in [9.17, 15) is 9.59 Å². The van der Waals surface area contributed by atoms with Gasteiger partial charge in [0.1, 0.15) is 0 Å². The highest BCUT2D eigenvalue weighted by atomic mass is 16.5. The molecule has 0 atom stereocenters. The summed E-state index contributed by atoms with van der Waals surface area (Å²) in [7, 11) is 0. The van der Waals surface area contributed by atoms with Crippen molar-refractivity contribution in [1.82, 2.24) is 5.06 Å². The lowest BCUT2D eigenvalue weighted by molar-refractivity contribution is -0.151. The van der Waals surface area contributed by atoms with Crippen LogP contribution in [-0.2, 0) is 4.79 Å². The van der Waals surface area contributed by atoms with Gasteiger partial charge in [-0.2, -0.15) is 0 Å². The monoisotopic (exact) mass is 132 g/mol. The molecular weight excluding hydrogens is 124 g/mol. The Morgan fingerprint density at radius 3 is 2.22 bits per heavy atom. The minimum absolute atomic E-state index is 0.0550. The number of hydrogen-bond acceptors (Lipinski definition) is 3. The van der Waals surface area contributed by atoms with Gasteiger partial charge in [-0.25, -0.2) is 4.79 Å². The molecule has 0 aromatic rings. The molecule has 0 saturated heterocycles. The molecule has 3 amide bonds. The van der Waals surface area contributed by atoms with E-state index in [0.29, 0.717) is 0 Å². The number of rotatable bonds is 1. The van der Waals surface area contributed by atoms with Crippen LogP contribution in [0.5, 0.6) is 0 Å². The summed E-state index contributed by atoms with van der Waals surface area (Å²) >= 11 is 0. The summed E-state index contributed by atoms with van der Waals surface area (Å²) < 4.78 is 0. The van der Waals surface area contributed by atoms with Crippen molar-refractivity contribution in [3.05, 3.63) is 0 Å². The van der Waals surface area contributed by atoms with Crippen molar-refractivity contribution in [2.75, 3.05) is 0 Å². The van der Waals surface area contributed by atoms with Crippen molar-refractivity contribution in [2.24, 2.45) is 5.73 Å². The molecule has 0 unspecified atom stereocenters. The normalized spacial score (nSPS) is 8.67. The minimum atomic E-state index is -1.15. The van der Waals surface area contributed by atoms with Crippen molar-refractivity contribution in [1.29, 1.82) is 0 Å². The Morgan fingerprint density at radius 2 is 2.11 bits per heavy atom. The predicted octanol–water partition coefficient (Wildman–Crippen LogP) is -0.307. The van der Waals surface area contributed by atoms with Crippen molar-refractivity contribution in [3.8, 4) is 0 Å². The molecule has 0 aliphatic rings. The van der Waals surface area contributed by atoms with E-state index in [1.807, 2.05) is 0 Å². The fourth-order valence-electron chi connectivity index (χ4n) is 0.273. The van der Waals surface area contributed by atoms with Gasteiger partial charge in [0, 0.05) is 6.42 Å². The van der Waals surface area contributed by atoms with Crippen LogP contribution in [0.4, 0.5) is 4.79 Å². The maximum Gasteiger partial charge on any atom is 0.345 e. The Labute approximate surface area is 52.0 Å². The van der Waals surface area contributed by atoms with Crippen molar-refractivity contribution < 1.29 is 14.8 Å². The summed E-state index contributed by atoms with van der Waals surface area (Å²) in [5.74, 6) is -0.706. The molecule has 9 heavy (non-hydrogen) atoms. The molecular formula is C4H8N2O3. The first kappa shape index (κ1) is 7.90. The second kappa shape index (κ2) is 3.03. The molecule has 0 heterocycles. The van der Waals surface area contributed by atoms with Crippen LogP contribution >= 0.6 is 0 Å². The topological polar surface area (TPSA) is 83.6 Å². The minimum Gasteiger partial charge on any atom is -0.349 e. The van der Waals surface area contributed by atoms with Gasteiger partial charge in [0.2, 0.25) is 0 Å². The second-order valence-corrected chi connectivity index (χ2v) is 1.40. The molecule has 0 saturated carbocycles. The molecule has 0 aliphatic carbocycles. The van der Waals surface area contributed by atoms with Crippen LogP contribution in [0.15, 0.2) is 0 Å². The predicted molar refractivity (Wildman–Crippen MR) is 28.5 cm³/mol. The lowest BCUT2D eigenvalue weighted by Crippen LogP contribution is -2.37. The zero-order valence-corrected chi connectivity index (χ0v) is 5.00. The lowest BCUT2D eigenvalue weighted by atomic mass is 10.4. The number of nitrogens with zero attached hydrogens (tertiary/aromatic N) is 1. The highest BCUT2D eigenvalue weighted by Crippen LogP contribution is 1.86. The van der Waals surface area contributed by atoms with Gasteiger partial charge >= 0.3 is 6.03 Å². The van der Waals surface area contributed by atoms with E-state index in [-0.39, 0.29) is 11.5 Å². The van der Waals surface area contributed by atoms with Gasteiger partial charge in [0.15, 0.2) is 0 Å². The van der Waals surface area contributed by atoms with E-state index in [4.69, 9.17) is 5.21 Å².